The average molecular weight is 1940 g/mol. The van der Waals surface area contributed by atoms with Gasteiger partial charge in [0.05, 0.1) is 25.2 Å². The molecule has 46 nitrogen and oxygen atoms in total. The summed E-state index contributed by atoms with van der Waals surface area (Å²) in [6, 6.07) is -4.18. The van der Waals surface area contributed by atoms with Crippen LogP contribution in [0.25, 0.3) is 0 Å². The second kappa shape index (κ2) is 51.4. The predicted octanol–water partition coefficient (Wildman–Crippen LogP) is -4.34. The van der Waals surface area contributed by atoms with Crippen molar-refractivity contribution in [1.29, 1.82) is 0 Å². The fourth-order valence-corrected chi connectivity index (χ4v) is 13.9. The van der Waals surface area contributed by atoms with Crippen LogP contribution < -0.4 is 113 Å². The smallest absolute Gasteiger partial charge is 0.248 e. The molecule has 11 atom stereocenters. The summed E-state index contributed by atoms with van der Waals surface area (Å²) in [6.45, 7) is 34.8. The van der Waals surface area contributed by atoms with Crippen molar-refractivity contribution >= 4 is 136 Å². The summed E-state index contributed by atoms with van der Waals surface area (Å²) in [4.78, 5) is 312. The van der Waals surface area contributed by atoms with Gasteiger partial charge in [-0.25, -0.2) is 0 Å². The Labute approximate surface area is 800 Å². The van der Waals surface area contributed by atoms with Crippen LogP contribution in [-0.4, -0.2) is 270 Å². The molecule has 0 saturated carbocycles. The highest BCUT2D eigenvalue weighted by molar-refractivity contribution is 6.05. The van der Waals surface area contributed by atoms with E-state index in [0.717, 1.165) is 5.56 Å². The van der Waals surface area contributed by atoms with Crippen molar-refractivity contribution in [3.63, 3.8) is 0 Å². The van der Waals surface area contributed by atoms with Crippen molar-refractivity contribution in [2.75, 3.05) is 19.7 Å². The van der Waals surface area contributed by atoms with Gasteiger partial charge in [-0.15, -0.1) is 0 Å². The predicted molar refractivity (Wildman–Crippen MR) is 500 cm³/mol. The molecule has 1 aromatic rings. The number of primary amides is 3. The summed E-state index contributed by atoms with van der Waals surface area (Å²) >= 11 is 0. The van der Waals surface area contributed by atoms with Crippen molar-refractivity contribution in [3.8, 4) is 0 Å². The van der Waals surface area contributed by atoms with Crippen LogP contribution in [0.5, 0.6) is 0 Å². The summed E-state index contributed by atoms with van der Waals surface area (Å²) < 4.78 is 0. The van der Waals surface area contributed by atoms with E-state index in [4.69, 9.17) is 17.2 Å². The van der Waals surface area contributed by atoms with Crippen molar-refractivity contribution in [2.45, 2.75) is 355 Å². The van der Waals surface area contributed by atoms with Crippen molar-refractivity contribution in [1.82, 2.24) is 101 Å². The van der Waals surface area contributed by atoms with Crippen LogP contribution in [0.3, 0.4) is 0 Å². The number of carbonyl (C=O) groups is 23. The van der Waals surface area contributed by atoms with Crippen LogP contribution >= 0.6 is 0 Å². The Hall–Kier alpha value is -12.8. The summed E-state index contributed by atoms with van der Waals surface area (Å²) in [6.07, 6.45) is -2.03. The number of aliphatic hydroxyl groups is 1. The molecule has 25 N–H and O–H groups in total. The number of nitrogens with one attached hydrogen (secondary N) is 18. The first-order chi connectivity index (χ1) is 62.7. The van der Waals surface area contributed by atoms with E-state index in [1.165, 1.54) is 143 Å². The van der Waals surface area contributed by atoms with Gasteiger partial charge in [0.2, 0.25) is 130 Å². The molecule has 0 aromatic heterocycles. The first-order valence-electron chi connectivity index (χ1n) is 45.6. The van der Waals surface area contributed by atoms with Gasteiger partial charge in [-0.2, -0.15) is 0 Å². The average Bonchev–Trinajstić information content (AvgIpc) is 1.77. The zero-order valence-electron chi connectivity index (χ0n) is 83.9. The van der Waals surface area contributed by atoms with Crippen LogP contribution in [0.4, 0.5) is 0 Å². The van der Waals surface area contributed by atoms with Gasteiger partial charge in [0.1, 0.15) is 92.6 Å². The van der Waals surface area contributed by atoms with Crippen molar-refractivity contribution in [2.24, 2.45) is 40.9 Å². The Bertz CT molecular complexity index is 4600. The Morgan fingerprint density at radius 3 is 1.23 bits per heavy atom. The minimum Gasteiger partial charge on any atom is -0.394 e. The minimum atomic E-state index is -1.91. The van der Waals surface area contributed by atoms with Gasteiger partial charge in [0, 0.05) is 45.1 Å². The highest BCUT2D eigenvalue weighted by atomic mass is 16.3. The number of benzene rings is 1. The second-order valence-corrected chi connectivity index (χ2v) is 40.2. The molecule has 46 heteroatoms. The Kier molecular flexibility index (Phi) is 45.1. The van der Waals surface area contributed by atoms with E-state index in [9.17, 15) is 115 Å². The van der Waals surface area contributed by atoms with Crippen LogP contribution in [0.15, 0.2) is 30.3 Å². The van der Waals surface area contributed by atoms with Crippen LogP contribution in [-0.2, 0) is 117 Å². The van der Waals surface area contributed by atoms with E-state index in [1.54, 1.807) is 71.9 Å². The second-order valence-electron chi connectivity index (χ2n) is 40.2. The Morgan fingerprint density at radius 2 is 0.781 bits per heavy atom. The maximum Gasteiger partial charge on any atom is 0.248 e. The van der Waals surface area contributed by atoms with E-state index in [1.807, 2.05) is 0 Å². The molecule has 0 spiro atoms. The number of aliphatic hydroxyl groups excluding tert-OH is 1. The van der Waals surface area contributed by atoms with Gasteiger partial charge < -0.3 is 123 Å². The third-order valence-corrected chi connectivity index (χ3v) is 22.5. The van der Waals surface area contributed by atoms with E-state index in [-0.39, 0.29) is 51.0 Å². The minimum absolute atomic E-state index is 0.00833. The molecule has 0 radical (unpaired) electrons. The quantitative estimate of drug-likeness (QED) is 0.0293. The number of nitrogens with zero attached hydrogens (tertiary/aromatic N) is 1. The molecule has 137 heavy (non-hydrogen) atoms. The lowest BCUT2D eigenvalue weighted by Gasteiger charge is -2.36. The lowest BCUT2D eigenvalue weighted by atomic mass is 9.90. The molecule has 22 amide bonds. The van der Waals surface area contributed by atoms with Crippen LogP contribution in [0.2, 0.25) is 0 Å². The molecule has 1 aliphatic heterocycles. The third-order valence-electron chi connectivity index (χ3n) is 22.5. The maximum absolute atomic E-state index is 14.6. The Morgan fingerprint density at radius 1 is 0.394 bits per heavy atom. The zero-order valence-corrected chi connectivity index (χ0v) is 83.9. The van der Waals surface area contributed by atoms with Crippen molar-refractivity contribution in [3.05, 3.63) is 35.9 Å². The Balaban J connectivity index is 2.17. The number of hydrogen-bond acceptors (Lipinski definition) is 24. The number of rotatable bonds is 55. The molecular formula is C91H150N22O24. The fraction of sp³-hybridized carbons (Fsp3) is 0.681. The van der Waals surface area contributed by atoms with Crippen LogP contribution in [0.1, 0.15) is 250 Å². The lowest BCUT2D eigenvalue weighted by molar-refractivity contribution is -0.146. The summed E-state index contributed by atoms with van der Waals surface area (Å²) in [5.41, 5.74) is 3.03. The highest BCUT2D eigenvalue weighted by Gasteiger charge is 2.48. The molecule has 2 rings (SSSR count). The number of ketones is 1. The standard InChI is InChI=1S/C91H150N22O24/c1-46(2)41-58(72(126)109-91(25,26)83(137)113-40-30-33-59(113)73(127)103-65(47(3)4)74(128)111-90(23,24)82(136)112-89(21,22)80(134)102-56(35-38-62(93)118)60(116)43-54(34-37-61(92)117)70(124)99-55(45-114)42-53-31-28-27-29-32-53)100-64(120)44-95-76(130)84(11,12)110-75(129)66(48(5)6)104-81(135)88(19,20)108-71(125)57(36-39-63(94)119)101-67(121)49(7)96-78(132)86(15,16)106-69(123)51(9)98-79(133)87(17,18)107-68(122)50(8)97-77(131)85(13,14)105-52(10)115/h27-29,31-32,46-51,54-59,65-66,114H,30,33-45H2,1-26H3,(H2,92,117)(H2,93,118)(H2,94,119)(H,95,130)(H,96,132)(H,97,131)(H,98,133)(H,99,124)(H,100,120)(H,101,121)(H,102,134)(H,103,127)(H,104,135)(H,105,115)(H,106,123)(H,107,122)(H,108,125)(H,109,126)(H,110,129)(H,111,128)(H,112,136). The highest BCUT2D eigenvalue weighted by Crippen LogP contribution is 2.25. The first-order valence-corrected chi connectivity index (χ1v) is 45.6. The number of likely N-dealkylation sites (tertiary alicyclic amines) is 1. The number of Topliss-reactive ketones (excluding diaryl/α,β-unsaturated/α-hetero) is 1. The summed E-state index contributed by atoms with van der Waals surface area (Å²) in [5, 5.41) is 55.8. The largest absolute Gasteiger partial charge is 0.394 e. The van der Waals surface area contributed by atoms with Gasteiger partial charge >= 0.3 is 0 Å². The molecule has 11 unspecified atom stereocenters. The molecule has 1 aliphatic rings. The van der Waals surface area contributed by atoms with Gasteiger partial charge in [0.25, 0.3) is 0 Å². The zero-order chi connectivity index (χ0) is 106. The normalized spacial score (nSPS) is 15.3. The molecule has 0 aliphatic carbocycles. The molecule has 1 heterocycles. The topological polar surface area (TPSA) is 711 Å². The molecule has 1 aromatic carbocycles. The summed E-state index contributed by atoms with van der Waals surface area (Å²) in [5.74, 6) is -22.1. The van der Waals surface area contributed by atoms with E-state index < -0.39 is 297 Å². The van der Waals surface area contributed by atoms with E-state index in [0.29, 0.717) is 6.42 Å². The monoisotopic (exact) mass is 1940 g/mol. The lowest BCUT2D eigenvalue weighted by Crippen LogP contribution is -2.66. The van der Waals surface area contributed by atoms with E-state index >= 15 is 0 Å². The maximum atomic E-state index is 14.6. The van der Waals surface area contributed by atoms with Crippen molar-refractivity contribution < 1.29 is 115 Å². The SMILES string of the molecule is CC(=O)NC(C)(C)C(=O)NC(C)C(=O)NC(C)(C)C(=O)NC(C)C(=O)NC(C)(C)C(=O)NC(C)C(=O)NC(CCC(N)=O)C(=O)NC(C)(C)C(=O)NC(C(=O)NC(C)(C)C(=O)NCC(=O)NC(CC(C)C)C(=O)NC(C)(C)C(=O)N1CCCC1C(=O)NC(C(=O)NC(C)(C)C(=O)NC(C)(C)C(=O)NC(CCC(N)=O)C(=O)CC(CCC(N)=O)C(=O)NC(CO)Cc1ccccc1)C(C)C)C(C)C. The van der Waals surface area contributed by atoms with Gasteiger partial charge in [-0.05, 0) is 200 Å². The fourth-order valence-electron chi connectivity index (χ4n) is 13.9. The van der Waals surface area contributed by atoms with E-state index in [2.05, 4.69) is 95.7 Å². The van der Waals surface area contributed by atoms with Gasteiger partial charge in [-0.3, -0.25) is 110 Å². The molecule has 768 valence electrons. The number of amides is 22. The first kappa shape index (κ1) is 120. The van der Waals surface area contributed by atoms with Gasteiger partial charge in [0.15, 0.2) is 5.78 Å². The number of hydrogen-bond donors (Lipinski definition) is 22. The number of nitrogens with two attached hydrogens (primary N) is 3. The third kappa shape index (κ3) is 39.1. The summed E-state index contributed by atoms with van der Waals surface area (Å²) in [7, 11) is 0. The van der Waals surface area contributed by atoms with Crippen LogP contribution in [0, 0.1) is 23.7 Å². The molecule has 0 bridgehead atoms. The van der Waals surface area contributed by atoms with Gasteiger partial charge in [-0.1, -0.05) is 71.9 Å². The molecule has 1 fully saturated rings. The molecule has 1 saturated heterocycles. The number of carbonyl (C=O) groups excluding carboxylic acids is 23. The molecular weight excluding hydrogens is 1790 g/mol.